The van der Waals surface area contributed by atoms with E-state index in [4.69, 9.17) is 4.74 Å². The molecule has 0 aliphatic heterocycles. The number of ether oxygens (including phenoxy) is 1. The van der Waals surface area contributed by atoms with Gasteiger partial charge in [-0.1, -0.05) is 402 Å². The van der Waals surface area contributed by atoms with Gasteiger partial charge in [-0.15, -0.1) is 0 Å². The van der Waals surface area contributed by atoms with Crippen LogP contribution in [0.2, 0.25) is 0 Å². The van der Waals surface area contributed by atoms with Gasteiger partial charge in [-0.2, -0.15) is 0 Å². The molecule has 6 heteroatoms. The van der Waals surface area contributed by atoms with Crippen molar-refractivity contribution in [3.05, 3.63) is 60.8 Å². The van der Waals surface area contributed by atoms with Crippen LogP contribution in [-0.4, -0.2) is 47.4 Å². The van der Waals surface area contributed by atoms with E-state index in [2.05, 4.69) is 67.8 Å². The van der Waals surface area contributed by atoms with Crippen LogP contribution in [0.15, 0.2) is 60.8 Å². The van der Waals surface area contributed by atoms with Crippen LogP contribution in [0, 0.1) is 0 Å². The smallest absolute Gasteiger partial charge is 0.305 e. The molecule has 0 fully saturated rings. The van der Waals surface area contributed by atoms with Gasteiger partial charge in [0.1, 0.15) is 0 Å². The minimum absolute atomic E-state index is 0.0111. The Balaban J connectivity index is 3.38. The average molecular weight is 1290 g/mol. The van der Waals surface area contributed by atoms with Crippen molar-refractivity contribution in [3.63, 3.8) is 0 Å². The third kappa shape index (κ3) is 76.6. The highest BCUT2D eigenvalue weighted by atomic mass is 16.5. The number of rotatable bonds is 78. The lowest BCUT2D eigenvalue weighted by Gasteiger charge is -2.20. The van der Waals surface area contributed by atoms with Gasteiger partial charge < -0.3 is 20.3 Å². The maximum atomic E-state index is 12.5. The van der Waals surface area contributed by atoms with Crippen molar-refractivity contribution in [1.29, 1.82) is 0 Å². The fraction of sp³-hybridized carbons (Fsp3) is 0.860. The van der Waals surface area contributed by atoms with Crippen LogP contribution in [0.25, 0.3) is 0 Å². The Kier molecular flexibility index (Phi) is 78.8. The summed E-state index contributed by atoms with van der Waals surface area (Å²) in [6, 6.07) is -0.628. The molecule has 0 bridgehead atoms. The number of carbonyl (C=O) groups is 2. The first kappa shape index (κ1) is 89.6. The average Bonchev–Trinajstić information content (AvgIpc) is 3.62. The van der Waals surface area contributed by atoms with Gasteiger partial charge >= 0.3 is 5.97 Å². The predicted octanol–water partition coefficient (Wildman–Crippen LogP) is 27.7. The van der Waals surface area contributed by atoms with Crippen molar-refractivity contribution in [1.82, 2.24) is 5.32 Å². The summed E-state index contributed by atoms with van der Waals surface area (Å²) < 4.78 is 5.50. The molecule has 2 unspecified atom stereocenters. The van der Waals surface area contributed by atoms with E-state index in [0.717, 1.165) is 57.8 Å². The van der Waals surface area contributed by atoms with E-state index in [9.17, 15) is 19.8 Å². The zero-order valence-electron chi connectivity index (χ0n) is 62.0. The van der Waals surface area contributed by atoms with Crippen molar-refractivity contribution >= 4 is 11.9 Å². The van der Waals surface area contributed by atoms with Crippen LogP contribution in [-0.2, 0) is 14.3 Å². The molecule has 6 nitrogen and oxygen atoms in total. The topological polar surface area (TPSA) is 95.9 Å². The van der Waals surface area contributed by atoms with E-state index in [1.54, 1.807) is 6.08 Å². The summed E-state index contributed by atoms with van der Waals surface area (Å²) in [6.45, 7) is 4.92. The highest BCUT2D eigenvalue weighted by Gasteiger charge is 2.18. The molecule has 0 saturated heterocycles. The largest absolute Gasteiger partial charge is 0.466 e. The monoisotopic (exact) mass is 1290 g/mol. The fourth-order valence-electron chi connectivity index (χ4n) is 12.9. The highest BCUT2D eigenvalue weighted by molar-refractivity contribution is 5.76. The standard InChI is InChI=1S/C86H161NO5/c1-3-5-7-9-11-13-15-17-19-21-22-40-43-47-50-54-58-62-66-70-74-78-84(89)83(82-88)87-85(90)79-75-71-67-63-59-55-51-48-44-41-38-36-34-32-30-28-26-24-23-25-27-29-31-33-35-37-39-42-45-49-53-57-61-65-69-73-77-81-92-86(91)80-76-72-68-64-60-56-52-46-20-18-16-14-12-10-8-6-4-2/h12,14,18,20,23,25,29,31,74,78,83-84,88-89H,3-11,13,15-17,19,21-22,24,26-28,30,32-73,75-77,79-82H2,1-2H3,(H,87,90)/b14-12-,20-18-,25-23-,31-29-,78-74+. The van der Waals surface area contributed by atoms with Gasteiger partial charge in [0.2, 0.25) is 5.91 Å². The summed E-state index contributed by atoms with van der Waals surface area (Å²) >= 11 is 0. The summed E-state index contributed by atoms with van der Waals surface area (Å²) in [5, 5.41) is 23.3. The Morgan fingerprint density at radius 1 is 0.304 bits per heavy atom. The molecule has 92 heavy (non-hydrogen) atoms. The SMILES string of the molecule is CCCCC/C=C\C/C=C\CCCCCCCCCC(=O)OCCCCCCCCCCCCCCC/C=C\C/C=C\CCCCCCCCCCCCCCCCCCCC(=O)NC(CO)C(O)/C=C/CCCCCCCCCCCCCCCCCCCCC. The minimum Gasteiger partial charge on any atom is -0.466 e. The molecule has 0 aromatic heterocycles. The Morgan fingerprint density at radius 2 is 0.543 bits per heavy atom. The van der Waals surface area contributed by atoms with Gasteiger partial charge in [-0.05, 0) is 96.3 Å². The molecule has 1 amide bonds. The highest BCUT2D eigenvalue weighted by Crippen LogP contribution is 2.20. The van der Waals surface area contributed by atoms with Gasteiger partial charge in [-0.3, -0.25) is 9.59 Å². The number of unbranched alkanes of at least 4 members (excludes halogenated alkanes) is 59. The number of hydrogen-bond acceptors (Lipinski definition) is 5. The summed E-state index contributed by atoms with van der Waals surface area (Å²) in [5.41, 5.74) is 0. The minimum atomic E-state index is -0.845. The molecule has 0 spiro atoms. The van der Waals surface area contributed by atoms with E-state index in [1.807, 2.05) is 6.08 Å². The van der Waals surface area contributed by atoms with Crippen molar-refractivity contribution in [2.24, 2.45) is 0 Å². The van der Waals surface area contributed by atoms with E-state index in [1.165, 1.54) is 366 Å². The predicted molar refractivity (Wildman–Crippen MR) is 407 cm³/mol. The molecule has 0 rings (SSSR count). The molecule has 540 valence electrons. The number of esters is 1. The first-order chi connectivity index (χ1) is 45.5. The molecule has 0 saturated carbocycles. The van der Waals surface area contributed by atoms with Crippen LogP contribution in [0.5, 0.6) is 0 Å². The van der Waals surface area contributed by atoms with Gasteiger partial charge in [-0.25, -0.2) is 0 Å². The quantitative estimate of drug-likeness (QED) is 0.0320. The van der Waals surface area contributed by atoms with Crippen LogP contribution in [0.4, 0.5) is 0 Å². The summed E-state index contributed by atoms with van der Waals surface area (Å²) in [7, 11) is 0. The lowest BCUT2D eigenvalue weighted by atomic mass is 10.0. The molecule has 0 aromatic carbocycles. The van der Waals surface area contributed by atoms with Gasteiger partial charge in [0, 0.05) is 12.8 Å². The third-order valence-corrected chi connectivity index (χ3v) is 19.3. The van der Waals surface area contributed by atoms with Crippen LogP contribution < -0.4 is 5.32 Å². The van der Waals surface area contributed by atoms with Gasteiger partial charge in [0.15, 0.2) is 0 Å². The number of aliphatic hydroxyl groups is 2. The Bertz CT molecular complexity index is 1580. The first-order valence-corrected chi connectivity index (χ1v) is 41.6. The lowest BCUT2D eigenvalue weighted by molar-refractivity contribution is -0.143. The Labute approximate surface area is 575 Å². The molecule has 0 aliphatic carbocycles. The molecule has 0 aliphatic rings. The zero-order chi connectivity index (χ0) is 66.3. The van der Waals surface area contributed by atoms with Crippen LogP contribution >= 0.6 is 0 Å². The lowest BCUT2D eigenvalue weighted by Crippen LogP contribution is -2.45. The molecule has 3 N–H and O–H groups in total. The van der Waals surface area contributed by atoms with Gasteiger partial charge in [0.25, 0.3) is 0 Å². The molecule has 2 atom stereocenters. The summed E-state index contributed by atoms with van der Waals surface area (Å²) in [4.78, 5) is 24.7. The summed E-state index contributed by atoms with van der Waals surface area (Å²) in [6.07, 6.45) is 109. The normalized spacial score (nSPS) is 12.8. The fourth-order valence-corrected chi connectivity index (χ4v) is 12.9. The second kappa shape index (κ2) is 81.0. The summed E-state index contributed by atoms with van der Waals surface area (Å²) in [5.74, 6) is -0.0501. The van der Waals surface area contributed by atoms with E-state index in [-0.39, 0.29) is 18.5 Å². The number of aliphatic hydroxyl groups excluding tert-OH is 2. The number of hydrogen-bond donors (Lipinski definition) is 3. The van der Waals surface area contributed by atoms with Crippen molar-refractivity contribution in [2.45, 2.75) is 463 Å². The number of amides is 1. The van der Waals surface area contributed by atoms with Crippen molar-refractivity contribution in [3.8, 4) is 0 Å². The number of nitrogens with one attached hydrogen (secondary N) is 1. The third-order valence-electron chi connectivity index (χ3n) is 19.3. The first-order valence-electron chi connectivity index (χ1n) is 41.6. The maximum Gasteiger partial charge on any atom is 0.305 e. The van der Waals surface area contributed by atoms with Crippen LogP contribution in [0.1, 0.15) is 450 Å². The van der Waals surface area contributed by atoms with E-state index >= 15 is 0 Å². The molecular weight excluding hydrogens is 1130 g/mol. The Morgan fingerprint density at radius 3 is 0.848 bits per heavy atom. The second-order valence-electron chi connectivity index (χ2n) is 28.4. The molecule has 0 heterocycles. The van der Waals surface area contributed by atoms with Crippen LogP contribution in [0.3, 0.4) is 0 Å². The van der Waals surface area contributed by atoms with Crippen molar-refractivity contribution in [2.75, 3.05) is 13.2 Å². The van der Waals surface area contributed by atoms with E-state index in [0.29, 0.717) is 19.4 Å². The number of allylic oxidation sites excluding steroid dienone is 9. The number of carbonyl (C=O) groups excluding carboxylic acids is 2. The molecular formula is C86H161NO5. The molecule has 0 aromatic rings. The zero-order valence-corrected chi connectivity index (χ0v) is 62.0. The Hall–Kier alpha value is -2.44. The van der Waals surface area contributed by atoms with E-state index < -0.39 is 12.1 Å². The molecule has 0 radical (unpaired) electrons. The second-order valence-corrected chi connectivity index (χ2v) is 28.4. The van der Waals surface area contributed by atoms with Gasteiger partial charge in [0.05, 0.1) is 25.4 Å². The van der Waals surface area contributed by atoms with Crippen molar-refractivity contribution < 1.29 is 24.5 Å². The maximum absolute atomic E-state index is 12.5.